The molecule has 2 rings (SSSR count). The number of hydrogen-bond acceptors (Lipinski definition) is 8. The third kappa shape index (κ3) is 3.70. The molecular formula is C12H17N7S. The van der Waals surface area contributed by atoms with Crippen molar-refractivity contribution >= 4 is 29.2 Å². The van der Waals surface area contributed by atoms with Crippen molar-refractivity contribution in [1.29, 1.82) is 0 Å². The van der Waals surface area contributed by atoms with E-state index in [0.29, 0.717) is 16.8 Å². The van der Waals surface area contributed by atoms with Crippen LogP contribution < -0.4 is 16.8 Å². The number of nitrogens with zero attached hydrogens (tertiary/aromatic N) is 4. The van der Waals surface area contributed by atoms with Crippen LogP contribution in [0.25, 0.3) is 0 Å². The third-order valence-electron chi connectivity index (χ3n) is 2.42. The van der Waals surface area contributed by atoms with Gasteiger partial charge in [0.15, 0.2) is 5.16 Å². The van der Waals surface area contributed by atoms with E-state index in [0.717, 1.165) is 29.5 Å². The summed E-state index contributed by atoms with van der Waals surface area (Å²) in [6, 6.07) is 3.36. The zero-order chi connectivity index (χ0) is 14.5. The van der Waals surface area contributed by atoms with E-state index in [1.165, 1.54) is 17.8 Å². The number of nitrogens with one attached hydrogen (secondary N) is 1. The molecule has 0 amide bonds. The molecule has 0 bridgehead atoms. The van der Waals surface area contributed by atoms with E-state index in [1.807, 2.05) is 13.1 Å². The highest BCUT2D eigenvalue weighted by atomic mass is 32.2. The standard InChI is InChI=1S/C12H17N7S/c1-3-4-9-18-10(15-2)6-11(19-9)20-12-16-7(13)5-8(14)17-12/h5-6H,3-4H2,1-2H3,(H,15,18,19)(H4,13,14,16,17). The van der Waals surface area contributed by atoms with Gasteiger partial charge in [-0.1, -0.05) is 6.92 Å². The fraction of sp³-hybridized carbons (Fsp3) is 0.333. The smallest absolute Gasteiger partial charge is 0.197 e. The molecule has 0 aliphatic carbocycles. The summed E-state index contributed by atoms with van der Waals surface area (Å²) in [6.45, 7) is 2.09. The maximum atomic E-state index is 5.66. The Morgan fingerprint density at radius 1 is 1.10 bits per heavy atom. The van der Waals surface area contributed by atoms with Crippen molar-refractivity contribution in [3.8, 4) is 0 Å². The molecule has 2 heterocycles. The minimum absolute atomic E-state index is 0.344. The molecule has 0 aliphatic rings. The van der Waals surface area contributed by atoms with Crippen molar-refractivity contribution in [2.75, 3.05) is 23.8 Å². The second-order valence-corrected chi connectivity index (χ2v) is 5.10. The minimum atomic E-state index is 0.344. The van der Waals surface area contributed by atoms with Gasteiger partial charge >= 0.3 is 0 Å². The lowest BCUT2D eigenvalue weighted by Crippen LogP contribution is -2.02. The van der Waals surface area contributed by atoms with Gasteiger partial charge in [0.05, 0.1) is 0 Å². The van der Waals surface area contributed by atoms with Crippen molar-refractivity contribution < 1.29 is 0 Å². The largest absolute Gasteiger partial charge is 0.383 e. The average molecular weight is 291 g/mol. The number of hydrogen-bond donors (Lipinski definition) is 3. The molecule has 8 heteroatoms. The van der Waals surface area contributed by atoms with E-state index in [-0.39, 0.29) is 0 Å². The van der Waals surface area contributed by atoms with Crippen LogP contribution in [-0.2, 0) is 6.42 Å². The monoisotopic (exact) mass is 291 g/mol. The molecule has 0 spiro atoms. The van der Waals surface area contributed by atoms with Crippen LogP contribution in [0.5, 0.6) is 0 Å². The van der Waals surface area contributed by atoms with Gasteiger partial charge < -0.3 is 16.8 Å². The topological polar surface area (TPSA) is 116 Å². The second-order valence-electron chi connectivity index (χ2n) is 4.11. The summed E-state index contributed by atoms with van der Waals surface area (Å²) in [5.41, 5.74) is 11.3. The lowest BCUT2D eigenvalue weighted by Gasteiger charge is -2.07. The number of nitrogens with two attached hydrogens (primary N) is 2. The van der Waals surface area contributed by atoms with Gasteiger partial charge in [0.1, 0.15) is 28.3 Å². The van der Waals surface area contributed by atoms with E-state index in [9.17, 15) is 0 Å². The summed E-state index contributed by atoms with van der Waals surface area (Å²) in [4.78, 5) is 17.1. The molecule has 0 atom stereocenters. The zero-order valence-corrected chi connectivity index (χ0v) is 12.2. The van der Waals surface area contributed by atoms with Crippen LogP contribution in [0.1, 0.15) is 19.2 Å². The molecule has 0 fully saturated rings. The summed E-state index contributed by atoms with van der Waals surface area (Å²) in [6.07, 6.45) is 1.81. The first kappa shape index (κ1) is 14.3. The fourth-order valence-corrected chi connectivity index (χ4v) is 2.40. The number of anilines is 3. The molecule has 20 heavy (non-hydrogen) atoms. The van der Waals surface area contributed by atoms with Crippen LogP contribution in [0.4, 0.5) is 17.5 Å². The van der Waals surface area contributed by atoms with Gasteiger partial charge in [0, 0.05) is 25.6 Å². The van der Waals surface area contributed by atoms with Crippen LogP contribution in [0.3, 0.4) is 0 Å². The molecule has 0 aliphatic heterocycles. The lowest BCUT2D eigenvalue weighted by atomic mass is 10.3. The molecule has 0 saturated heterocycles. The van der Waals surface area contributed by atoms with Crippen LogP contribution in [0, 0.1) is 0 Å². The summed E-state index contributed by atoms with van der Waals surface area (Å²) >= 11 is 1.31. The molecule has 0 aromatic carbocycles. The highest BCUT2D eigenvalue weighted by Crippen LogP contribution is 2.26. The lowest BCUT2D eigenvalue weighted by molar-refractivity contribution is 0.810. The molecule has 2 aromatic rings. The van der Waals surface area contributed by atoms with E-state index >= 15 is 0 Å². The zero-order valence-electron chi connectivity index (χ0n) is 11.4. The Hall–Kier alpha value is -2.09. The Morgan fingerprint density at radius 2 is 1.80 bits per heavy atom. The maximum Gasteiger partial charge on any atom is 0.197 e. The summed E-state index contributed by atoms with van der Waals surface area (Å²) in [5.74, 6) is 2.25. The predicted octanol–water partition coefficient (Wildman–Crippen LogP) is 1.58. The van der Waals surface area contributed by atoms with E-state index < -0.39 is 0 Å². The molecule has 106 valence electrons. The average Bonchev–Trinajstić information content (AvgIpc) is 2.37. The van der Waals surface area contributed by atoms with Gasteiger partial charge in [-0.3, -0.25) is 0 Å². The second kappa shape index (κ2) is 6.38. The third-order valence-corrected chi connectivity index (χ3v) is 3.20. The van der Waals surface area contributed by atoms with Gasteiger partial charge in [-0.25, -0.2) is 19.9 Å². The van der Waals surface area contributed by atoms with Crippen molar-refractivity contribution in [1.82, 2.24) is 19.9 Å². The van der Waals surface area contributed by atoms with Gasteiger partial charge in [0.2, 0.25) is 0 Å². The first-order valence-electron chi connectivity index (χ1n) is 6.24. The SMILES string of the molecule is CCCc1nc(NC)cc(Sc2nc(N)cc(N)n2)n1. The Bertz CT molecular complexity index is 582. The van der Waals surface area contributed by atoms with Gasteiger partial charge in [-0.15, -0.1) is 0 Å². The van der Waals surface area contributed by atoms with Crippen molar-refractivity contribution in [3.05, 3.63) is 18.0 Å². The number of aryl methyl sites for hydroxylation is 1. The van der Waals surface area contributed by atoms with Gasteiger partial charge in [-0.05, 0) is 18.2 Å². The van der Waals surface area contributed by atoms with Crippen LogP contribution in [0.15, 0.2) is 22.3 Å². The first-order valence-corrected chi connectivity index (χ1v) is 7.06. The Balaban J connectivity index is 2.29. The van der Waals surface area contributed by atoms with Crippen LogP contribution in [-0.4, -0.2) is 27.0 Å². The quantitative estimate of drug-likeness (QED) is 0.561. The van der Waals surface area contributed by atoms with Crippen molar-refractivity contribution in [2.24, 2.45) is 0 Å². The molecule has 0 radical (unpaired) electrons. The predicted molar refractivity (Wildman–Crippen MR) is 80.6 cm³/mol. The van der Waals surface area contributed by atoms with Gasteiger partial charge in [0.25, 0.3) is 0 Å². The molecular weight excluding hydrogens is 274 g/mol. The van der Waals surface area contributed by atoms with Crippen molar-refractivity contribution in [3.63, 3.8) is 0 Å². The molecule has 0 saturated carbocycles. The van der Waals surface area contributed by atoms with E-state index in [2.05, 4.69) is 32.2 Å². The molecule has 2 aromatic heterocycles. The van der Waals surface area contributed by atoms with Gasteiger partial charge in [-0.2, -0.15) is 0 Å². The van der Waals surface area contributed by atoms with E-state index in [1.54, 1.807) is 0 Å². The van der Waals surface area contributed by atoms with Crippen LogP contribution >= 0.6 is 11.8 Å². The molecule has 0 unspecified atom stereocenters. The normalized spacial score (nSPS) is 10.5. The van der Waals surface area contributed by atoms with Crippen LogP contribution in [0.2, 0.25) is 0 Å². The number of rotatable bonds is 5. The van der Waals surface area contributed by atoms with Crippen molar-refractivity contribution in [2.45, 2.75) is 29.9 Å². The maximum absolute atomic E-state index is 5.66. The number of nitrogen functional groups attached to an aromatic ring is 2. The highest BCUT2D eigenvalue weighted by molar-refractivity contribution is 7.99. The molecule has 7 nitrogen and oxygen atoms in total. The fourth-order valence-electron chi connectivity index (χ4n) is 1.59. The highest BCUT2D eigenvalue weighted by Gasteiger charge is 2.08. The Labute approximate surface area is 121 Å². The minimum Gasteiger partial charge on any atom is -0.383 e. The molecule has 5 N–H and O–H groups in total. The van der Waals surface area contributed by atoms with E-state index in [4.69, 9.17) is 11.5 Å². The Morgan fingerprint density at radius 3 is 2.40 bits per heavy atom. The number of aromatic nitrogens is 4. The summed E-state index contributed by atoms with van der Waals surface area (Å²) in [5, 5.41) is 4.26. The summed E-state index contributed by atoms with van der Waals surface area (Å²) in [7, 11) is 1.82. The Kier molecular flexibility index (Phi) is 4.57. The first-order chi connectivity index (χ1) is 9.60. The summed E-state index contributed by atoms with van der Waals surface area (Å²) < 4.78 is 0.